The number of carbonyl (C=O) groups excluding carboxylic acids is 2. The zero-order chi connectivity index (χ0) is 10.1. The molecule has 0 aromatic heterocycles. The maximum Gasteiger partial charge on any atom is 0.327 e. The van der Waals surface area contributed by atoms with E-state index in [1.165, 1.54) is 6.08 Å². The van der Waals surface area contributed by atoms with Crippen molar-refractivity contribution in [1.29, 1.82) is 0 Å². The maximum absolute atomic E-state index is 10.0. The first-order valence-corrected chi connectivity index (χ1v) is 3.49. The van der Waals surface area contributed by atoms with Crippen molar-refractivity contribution in [2.75, 3.05) is 0 Å². The molecular weight excluding hydrogens is 176 g/mol. The molecule has 0 aliphatic rings. The molecule has 0 heterocycles. The minimum Gasteiger partial charge on any atom is -0.478 e. The molecule has 0 spiro atoms. The van der Waals surface area contributed by atoms with Crippen molar-refractivity contribution >= 4 is 18.8 Å². The van der Waals surface area contributed by atoms with Crippen LogP contribution in [0.1, 0.15) is 6.42 Å². The van der Waals surface area contributed by atoms with Crippen molar-refractivity contribution in [1.82, 2.24) is 10.6 Å². The molecule has 72 valence electrons. The zero-order valence-corrected chi connectivity index (χ0v) is 6.77. The minimum absolute atomic E-state index is 0.226. The predicted molar refractivity (Wildman–Crippen MR) is 43.6 cm³/mol. The van der Waals surface area contributed by atoms with Crippen LogP contribution in [0, 0.1) is 0 Å². The smallest absolute Gasteiger partial charge is 0.327 e. The van der Waals surface area contributed by atoms with Gasteiger partial charge in [0.1, 0.15) is 6.17 Å². The van der Waals surface area contributed by atoms with Gasteiger partial charge < -0.3 is 15.7 Å². The maximum atomic E-state index is 10.0. The molecule has 2 amide bonds. The Morgan fingerprint density at radius 1 is 1.31 bits per heavy atom. The monoisotopic (exact) mass is 186 g/mol. The van der Waals surface area contributed by atoms with Crippen molar-refractivity contribution in [2.45, 2.75) is 12.6 Å². The number of carbonyl (C=O) groups is 3. The van der Waals surface area contributed by atoms with Crippen molar-refractivity contribution in [3.8, 4) is 0 Å². The highest BCUT2D eigenvalue weighted by Gasteiger charge is 2.01. The first kappa shape index (κ1) is 11.2. The van der Waals surface area contributed by atoms with Crippen LogP contribution in [-0.4, -0.2) is 30.1 Å². The summed E-state index contributed by atoms with van der Waals surface area (Å²) in [6.07, 6.45) is 2.78. The minimum atomic E-state index is -1.07. The summed E-state index contributed by atoms with van der Waals surface area (Å²) in [7, 11) is 0. The SMILES string of the molecule is O=CNC(CC=CC(=O)O)NC=O. The molecule has 0 aromatic carbocycles. The van der Waals surface area contributed by atoms with Gasteiger partial charge in [-0.25, -0.2) is 4.79 Å². The molecule has 0 bridgehead atoms. The molecular formula is C7H10N2O4. The molecule has 0 aliphatic carbocycles. The molecule has 0 rings (SSSR count). The van der Waals surface area contributed by atoms with Gasteiger partial charge in [-0.3, -0.25) is 9.59 Å². The second-order valence-corrected chi connectivity index (χ2v) is 2.10. The van der Waals surface area contributed by atoms with Crippen molar-refractivity contribution in [2.24, 2.45) is 0 Å². The number of amides is 2. The van der Waals surface area contributed by atoms with Crippen LogP contribution in [0.3, 0.4) is 0 Å². The van der Waals surface area contributed by atoms with Gasteiger partial charge in [0.05, 0.1) is 0 Å². The van der Waals surface area contributed by atoms with E-state index in [4.69, 9.17) is 5.11 Å². The van der Waals surface area contributed by atoms with E-state index in [1.54, 1.807) is 0 Å². The highest BCUT2D eigenvalue weighted by Crippen LogP contribution is 1.88. The normalized spacial score (nSPS) is 9.92. The van der Waals surface area contributed by atoms with Gasteiger partial charge in [0.25, 0.3) is 0 Å². The molecule has 3 N–H and O–H groups in total. The van der Waals surface area contributed by atoms with E-state index in [2.05, 4.69) is 10.6 Å². The number of hydrogen-bond acceptors (Lipinski definition) is 3. The molecule has 0 saturated heterocycles. The van der Waals surface area contributed by atoms with Gasteiger partial charge in [-0.2, -0.15) is 0 Å². The largest absolute Gasteiger partial charge is 0.478 e. The lowest BCUT2D eigenvalue weighted by Gasteiger charge is -2.11. The van der Waals surface area contributed by atoms with Gasteiger partial charge in [0.15, 0.2) is 0 Å². The van der Waals surface area contributed by atoms with Gasteiger partial charge in [-0.1, -0.05) is 6.08 Å². The number of nitrogens with one attached hydrogen (secondary N) is 2. The van der Waals surface area contributed by atoms with Crippen LogP contribution >= 0.6 is 0 Å². The lowest BCUT2D eigenvalue weighted by molar-refractivity contribution is -0.131. The van der Waals surface area contributed by atoms with Gasteiger partial charge in [0, 0.05) is 12.5 Å². The quantitative estimate of drug-likeness (QED) is 0.265. The predicted octanol–water partition coefficient (Wildman–Crippen LogP) is -1.16. The Bertz CT molecular complexity index is 205. The van der Waals surface area contributed by atoms with Crippen LogP contribution in [-0.2, 0) is 14.4 Å². The number of aliphatic carboxylic acids is 1. The van der Waals surface area contributed by atoms with Crippen LogP contribution in [0.25, 0.3) is 0 Å². The Kier molecular flexibility index (Phi) is 5.86. The third-order valence-corrected chi connectivity index (χ3v) is 1.17. The first-order chi connectivity index (χ1) is 6.20. The lowest BCUT2D eigenvalue weighted by atomic mass is 10.3. The van der Waals surface area contributed by atoms with Crippen LogP contribution in [0.5, 0.6) is 0 Å². The summed E-state index contributed by atoms with van der Waals surface area (Å²) in [5, 5.41) is 12.8. The average molecular weight is 186 g/mol. The summed E-state index contributed by atoms with van der Waals surface area (Å²) < 4.78 is 0. The third-order valence-electron chi connectivity index (χ3n) is 1.17. The van der Waals surface area contributed by atoms with E-state index in [-0.39, 0.29) is 6.42 Å². The van der Waals surface area contributed by atoms with Crippen LogP contribution in [0.2, 0.25) is 0 Å². The summed E-state index contributed by atoms with van der Waals surface area (Å²) in [5.41, 5.74) is 0. The average Bonchev–Trinajstić information content (AvgIpc) is 2.04. The highest BCUT2D eigenvalue weighted by atomic mass is 16.4. The molecule has 0 fully saturated rings. The molecule has 0 radical (unpaired) electrons. The van der Waals surface area contributed by atoms with Gasteiger partial charge in [-0.15, -0.1) is 0 Å². The van der Waals surface area contributed by atoms with Crippen LogP contribution in [0.4, 0.5) is 0 Å². The fourth-order valence-electron chi connectivity index (χ4n) is 0.653. The molecule has 0 aromatic rings. The third kappa shape index (κ3) is 6.54. The van der Waals surface area contributed by atoms with Crippen molar-refractivity contribution < 1.29 is 19.5 Å². The Morgan fingerprint density at radius 2 is 1.85 bits per heavy atom. The molecule has 0 aliphatic heterocycles. The Morgan fingerprint density at radius 3 is 2.23 bits per heavy atom. The van der Waals surface area contributed by atoms with Gasteiger partial charge >= 0.3 is 5.97 Å². The summed E-state index contributed by atoms with van der Waals surface area (Å²) in [4.78, 5) is 30.0. The van der Waals surface area contributed by atoms with Crippen molar-refractivity contribution in [3.63, 3.8) is 0 Å². The molecule has 0 saturated carbocycles. The summed E-state index contributed by atoms with van der Waals surface area (Å²) in [5.74, 6) is -1.07. The zero-order valence-electron chi connectivity index (χ0n) is 6.77. The Balaban J connectivity index is 3.86. The molecule has 6 nitrogen and oxygen atoms in total. The Labute approximate surface area is 74.6 Å². The molecule has 13 heavy (non-hydrogen) atoms. The number of carboxylic acids is 1. The topological polar surface area (TPSA) is 95.5 Å². The summed E-state index contributed by atoms with van der Waals surface area (Å²) in [6.45, 7) is 0. The van der Waals surface area contributed by atoms with E-state index in [0.717, 1.165) is 6.08 Å². The number of rotatable bonds is 7. The van der Waals surface area contributed by atoms with Gasteiger partial charge in [-0.05, 0) is 0 Å². The number of carboxylic acid groups (broad SMARTS) is 1. The standard InChI is InChI=1S/C7H10N2O4/c10-4-8-6(9-5-11)2-1-3-7(12)13/h1,3-6H,2H2,(H,8,10)(H,9,11)(H,12,13). The molecule has 0 unspecified atom stereocenters. The first-order valence-electron chi connectivity index (χ1n) is 3.49. The van der Waals surface area contributed by atoms with E-state index >= 15 is 0 Å². The fourth-order valence-corrected chi connectivity index (χ4v) is 0.653. The summed E-state index contributed by atoms with van der Waals surface area (Å²) >= 11 is 0. The van der Waals surface area contributed by atoms with E-state index in [1.807, 2.05) is 0 Å². The highest BCUT2D eigenvalue weighted by molar-refractivity contribution is 5.79. The number of hydrogen-bond donors (Lipinski definition) is 3. The van der Waals surface area contributed by atoms with Crippen LogP contribution < -0.4 is 10.6 Å². The second-order valence-electron chi connectivity index (χ2n) is 2.10. The van der Waals surface area contributed by atoms with E-state index in [9.17, 15) is 14.4 Å². The van der Waals surface area contributed by atoms with Crippen LogP contribution in [0.15, 0.2) is 12.2 Å². The fraction of sp³-hybridized carbons (Fsp3) is 0.286. The lowest BCUT2D eigenvalue weighted by Crippen LogP contribution is -2.40. The van der Waals surface area contributed by atoms with Crippen molar-refractivity contribution in [3.05, 3.63) is 12.2 Å². The summed E-state index contributed by atoms with van der Waals surface area (Å²) in [6, 6.07) is 0. The second kappa shape index (κ2) is 6.84. The Hall–Kier alpha value is -1.85. The van der Waals surface area contributed by atoms with E-state index < -0.39 is 12.1 Å². The molecule has 0 atom stereocenters. The van der Waals surface area contributed by atoms with Gasteiger partial charge in [0.2, 0.25) is 12.8 Å². The van der Waals surface area contributed by atoms with E-state index in [0.29, 0.717) is 12.8 Å². The molecule has 6 heteroatoms.